The summed E-state index contributed by atoms with van der Waals surface area (Å²) in [7, 11) is 1.87. The first-order valence-electron chi connectivity index (χ1n) is 4.69. The Bertz CT molecular complexity index is 351. The Labute approximate surface area is 83.5 Å². The van der Waals surface area contributed by atoms with Gasteiger partial charge in [-0.3, -0.25) is 4.68 Å². The van der Waals surface area contributed by atoms with E-state index < -0.39 is 0 Å². The molecule has 0 fully saturated rings. The zero-order valence-electron chi connectivity index (χ0n) is 8.98. The van der Waals surface area contributed by atoms with Gasteiger partial charge in [0.1, 0.15) is 5.69 Å². The quantitative estimate of drug-likeness (QED) is 0.698. The summed E-state index contributed by atoms with van der Waals surface area (Å²) in [6, 6.07) is 3.75. The van der Waals surface area contributed by atoms with E-state index in [0.717, 1.165) is 11.4 Å². The highest BCUT2D eigenvalue weighted by molar-refractivity contribution is 5.50. The predicted molar refractivity (Wildman–Crippen MR) is 54.8 cm³/mol. The molecule has 2 rings (SSSR count). The fourth-order valence-electron chi connectivity index (χ4n) is 1.03. The fraction of sp³-hybridized carbons (Fsp3) is 0.400. The van der Waals surface area contributed by atoms with Crippen LogP contribution in [0, 0.1) is 6.92 Å². The molecule has 0 radical (unpaired) electrons. The molecule has 0 atom stereocenters. The lowest BCUT2D eigenvalue weighted by Crippen LogP contribution is -1.86. The molecule has 0 saturated carbocycles. The van der Waals surface area contributed by atoms with Crippen molar-refractivity contribution in [3.8, 4) is 11.5 Å². The minimum atomic E-state index is 0.716. The van der Waals surface area contributed by atoms with Crippen LogP contribution in [-0.4, -0.2) is 14.9 Å². The first-order valence-corrected chi connectivity index (χ1v) is 4.69. The van der Waals surface area contributed by atoms with Crippen LogP contribution in [0.4, 0.5) is 0 Å². The molecule has 0 spiro atoms. The third kappa shape index (κ3) is 2.22. The van der Waals surface area contributed by atoms with Gasteiger partial charge in [0.05, 0.1) is 5.69 Å². The monoisotopic (exact) mass is 193 g/mol. The lowest BCUT2D eigenvalue weighted by atomic mass is 10.3. The van der Waals surface area contributed by atoms with Crippen LogP contribution in [0.15, 0.2) is 22.9 Å². The molecule has 0 amide bonds. The average Bonchev–Trinajstić information content (AvgIpc) is 2.78. The van der Waals surface area contributed by atoms with Crippen molar-refractivity contribution >= 4 is 0 Å². The van der Waals surface area contributed by atoms with Crippen molar-refractivity contribution in [3.63, 3.8) is 0 Å². The van der Waals surface area contributed by atoms with Gasteiger partial charge in [-0.25, -0.2) is 0 Å². The summed E-state index contributed by atoms with van der Waals surface area (Å²) in [4.78, 5) is 0. The van der Waals surface area contributed by atoms with Crippen LogP contribution >= 0.6 is 0 Å². The Morgan fingerprint density at radius 1 is 1.36 bits per heavy atom. The molecule has 2 aromatic rings. The second-order valence-electron chi connectivity index (χ2n) is 2.71. The van der Waals surface area contributed by atoms with Crippen LogP contribution in [0.25, 0.3) is 11.5 Å². The van der Waals surface area contributed by atoms with E-state index in [1.165, 1.54) is 0 Å². The topological polar surface area (TPSA) is 43.9 Å². The molecule has 4 nitrogen and oxygen atoms in total. The summed E-state index contributed by atoms with van der Waals surface area (Å²) in [5, 5.41) is 7.96. The van der Waals surface area contributed by atoms with E-state index >= 15 is 0 Å². The van der Waals surface area contributed by atoms with Crippen molar-refractivity contribution < 1.29 is 4.52 Å². The molecular formula is C10H15N3O. The number of hydrogen-bond acceptors (Lipinski definition) is 3. The van der Waals surface area contributed by atoms with Crippen molar-refractivity contribution in [2.75, 3.05) is 0 Å². The molecule has 76 valence electrons. The van der Waals surface area contributed by atoms with E-state index in [9.17, 15) is 0 Å². The molecule has 0 aliphatic carbocycles. The molecule has 0 aromatic carbocycles. The number of rotatable bonds is 1. The maximum absolute atomic E-state index is 5.04. The van der Waals surface area contributed by atoms with Gasteiger partial charge in [0.15, 0.2) is 5.76 Å². The van der Waals surface area contributed by atoms with Crippen LogP contribution in [0.1, 0.15) is 19.5 Å². The van der Waals surface area contributed by atoms with Crippen LogP contribution in [0.2, 0.25) is 0 Å². The molecule has 0 saturated heterocycles. The van der Waals surface area contributed by atoms with Gasteiger partial charge in [0.25, 0.3) is 0 Å². The van der Waals surface area contributed by atoms with Gasteiger partial charge in [-0.1, -0.05) is 19.0 Å². The van der Waals surface area contributed by atoms with Crippen LogP contribution < -0.4 is 0 Å². The summed E-state index contributed by atoms with van der Waals surface area (Å²) < 4.78 is 6.77. The predicted octanol–water partition coefficient (Wildman–Crippen LogP) is 2.41. The highest BCUT2D eigenvalue weighted by Gasteiger charge is 2.05. The second kappa shape index (κ2) is 4.60. The SMILES string of the molecule is CC.Cc1cc(-c2ccn(C)n2)on1. The number of nitrogens with zero attached hydrogens (tertiary/aromatic N) is 3. The van der Waals surface area contributed by atoms with Crippen LogP contribution in [0.3, 0.4) is 0 Å². The smallest absolute Gasteiger partial charge is 0.187 e. The Kier molecular flexibility index (Phi) is 3.45. The summed E-state index contributed by atoms with van der Waals surface area (Å²) in [5.41, 5.74) is 1.69. The molecular weight excluding hydrogens is 178 g/mol. The standard InChI is InChI=1S/C8H9N3O.C2H6/c1-6-5-8(12-10-6)7-3-4-11(2)9-7;1-2/h3-5H,1-2H3;1-2H3. The third-order valence-corrected chi connectivity index (χ3v) is 1.59. The first kappa shape index (κ1) is 10.5. The average molecular weight is 193 g/mol. The van der Waals surface area contributed by atoms with Gasteiger partial charge in [-0.15, -0.1) is 0 Å². The third-order valence-electron chi connectivity index (χ3n) is 1.59. The van der Waals surface area contributed by atoms with Crippen molar-refractivity contribution in [2.24, 2.45) is 7.05 Å². The zero-order chi connectivity index (χ0) is 10.6. The maximum Gasteiger partial charge on any atom is 0.187 e. The van der Waals surface area contributed by atoms with Gasteiger partial charge in [-0.05, 0) is 13.0 Å². The summed E-state index contributed by atoms with van der Waals surface area (Å²) >= 11 is 0. The minimum absolute atomic E-state index is 0.716. The van der Waals surface area contributed by atoms with Crippen molar-refractivity contribution in [2.45, 2.75) is 20.8 Å². The van der Waals surface area contributed by atoms with Gasteiger partial charge < -0.3 is 4.52 Å². The lowest BCUT2D eigenvalue weighted by molar-refractivity contribution is 0.425. The highest BCUT2D eigenvalue weighted by atomic mass is 16.5. The van der Waals surface area contributed by atoms with E-state index in [1.54, 1.807) is 4.68 Å². The largest absolute Gasteiger partial charge is 0.354 e. The number of aromatic nitrogens is 3. The van der Waals surface area contributed by atoms with Crippen molar-refractivity contribution in [1.29, 1.82) is 0 Å². The molecule has 14 heavy (non-hydrogen) atoms. The molecule has 2 aromatic heterocycles. The molecule has 4 heteroatoms. The van der Waals surface area contributed by atoms with E-state index in [4.69, 9.17) is 4.52 Å². The number of aryl methyl sites for hydroxylation is 2. The van der Waals surface area contributed by atoms with E-state index in [0.29, 0.717) is 5.76 Å². The van der Waals surface area contributed by atoms with E-state index in [-0.39, 0.29) is 0 Å². The van der Waals surface area contributed by atoms with Crippen molar-refractivity contribution in [3.05, 3.63) is 24.0 Å². The van der Waals surface area contributed by atoms with E-state index in [2.05, 4.69) is 10.3 Å². The van der Waals surface area contributed by atoms with Crippen LogP contribution in [-0.2, 0) is 7.05 Å². The zero-order valence-corrected chi connectivity index (χ0v) is 8.98. The molecule has 0 N–H and O–H groups in total. The van der Waals surface area contributed by atoms with Crippen LogP contribution in [0.5, 0.6) is 0 Å². The number of hydrogen-bond donors (Lipinski definition) is 0. The summed E-state index contributed by atoms with van der Waals surface area (Å²) in [5.74, 6) is 0.716. The summed E-state index contributed by atoms with van der Waals surface area (Å²) in [6.45, 7) is 5.88. The van der Waals surface area contributed by atoms with Gasteiger partial charge in [-0.2, -0.15) is 5.10 Å². The van der Waals surface area contributed by atoms with Gasteiger partial charge >= 0.3 is 0 Å². The minimum Gasteiger partial charge on any atom is -0.354 e. The first-order chi connectivity index (χ1) is 6.75. The van der Waals surface area contributed by atoms with E-state index in [1.807, 2.05) is 46.1 Å². The van der Waals surface area contributed by atoms with Gasteiger partial charge in [0, 0.05) is 19.3 Å². The molecule has 0 unspecified atom stereocenters. The normalized spacial score (nSPS) is 9.43. The molecule has 0 aliphatic rings. The fourth-order valence-corrected chi connectivity index (χ4v) is 1.03. The summed E-state index contributed by atoms with van der Waals surface area (Å²) in [6.07, 6.45) is 1.87. The maximum atomic E-state index is 5.04. The molecule has 0 aliphatic heterocycles. The molecule has 0 bridgehead atoms. The Morgan fingerprint density at radius 3 is 2.50 bits per heavy atom. The lowest BCUT2D eigenvalue weighted by Gasteiger charge is -1.85. The molecule has 2 heterocycles. The Hall–Kier alpha value is -1.58. The Morgan fingerprint density at radius 2 is 2.07 bits per heavy atom. The highest BCUT2D eigenvalue weighted by Crippen LogP contribution is 2.16. The van der Waals surface area contributed by atoms with Gasteiger partial charge in [0.2, 0.25) is 0 Å². The Balaban J connectivity index is 0.000000461. The second-order valence-corrected chi connectivity index (χ2v) is 2.71. The van der Waals surface area contributed by atoms with Crippen molar-refractivity contribution in [1.82, 2.24) is 14.9 Å².